The van der Waals surface area contributed by atoms with Gasteiger partial charge in [-0.3, -0.25) is 0 Å². The Bertz CT molecular complexity index is 529. The Morgan fingerprint density at radius 1 is 1.35 bits per heavy atom. The van der Waals surface area contributed by atoms with E-state index in [2.05, 4.69) is 5.32 Å². The normalized spacial score (nSPS) is 11.8. The Hall–Kier alpha value is -0.780. The number of sulfone groups is 1. The highest BCUT2D eigenvalue weighted by atomic mass is 35.5. The average molecular weight is 320 g/mol. The molecule has 1 N–H and O–H groups in total. The van der Waals surface area contributed by atoms with Gasteiger partial charge in [0.25, 0.3) is 0 Å². The minimum atomic E-state index is -3.08. The Morgan fingerprint density at radius 3 is 2.60 bits per heavy atom. The topological polar surface area (TPSA) is 55.4 Å². The fourth-order valence-corrected chi connectivity index (χ4v) is 2.59. The fourth-order valence-electron chi connectivity index (χ4n) is 1.54. The van der Waals surface area contributed by atoms with Crippen molar-refractivity contribution in [2.75, 3.05) is 18.9 Å². The molecule has 0 unspecified atom stereocenters. The number of nitrogens with one attached hydrogen (secondary N) is 1. The maximum absolute atomic E-state index is 11.7. The molecule has 0 aliphatic heterocycles. The summed E-state index contributed by atoms with van der Waals surface area (Å²) in [6.45, 7) is 7.12. The molecule has 6 heteroatoms. The molecule has 0 bridgehead atoms. The van der Waals surface area contributed by atoms with Crippen LogP contribution >= 0.6 is 11.6 Å². The van der Waals surface area contributed by atoms with E-state index in [0.717, 1.165) is 18.7 Å². The van der Waals surface area contributed by atoms with Gasteiger partial charge >= 0.3 is 0 Å². The smallest absolute Gasteiger partial charge is 0.155 e. The van der Waals surface area contributed by atoms with Crippen LogP contribution in [0.3, 0.4) is 0 Å². The van der Waals surface area contributed by atoms with Crippen LogP contribution in [0.25, 0.3) is 0 Å². The van der Waals surface area contributed by atoms with Gasteiger partial charge in [-0.25, -0.2) is 8.42 Å². The van der Waals surface area contributed by atoms with Crippen molar-refractivity contribution in [1.29, 1.82) is 0 Å². The van der Waals surface area contributed by atoms with E-state index in [1.54, 1.807) is 19.9 Å². The van der Waals surface area contributed by atoms with Crippen molar-refractivity contribution in [3.05, 3.63) is 28.8 Å². The quantitative estimate of drug-likeness (QED) is 0.800. The molecule has 0 fully saturated rings. The molecule has 0 aromatic heterocycles. The van der Waals surface area contributed by atoms with Crippen molar-refractivity contribution in [3.8, 4) is 5.75 Å². The molecule has 1 aromatic carbocycles. The maximum Gasteiger partial charge on any atom is 0.155 e. The van der Waals surface area contributed by atoms with E-state index in [4.69, 9.17) is 16.3 Å². The van der Waals surface area contributed by atoms with E-state index in [-0.39, 0.29) is 17.6 Å². The summed E-state index contributed by atoms with van der Waals surface area (Å²) < 4.78 is 28.8. The standard InChI is InChI=1S/C14H22ClNO3S/c1-4-16-10-12-5-6-14(13(15)9-12)19-7-8-20(17,18)11(2)3/h5-6,9,11,16H,4,7-8,10H2,1-3H3. The summed E-state index contributed by atoms with van der Waals surface area (Å²) >= 11 is 6.12. The molecule has 114 valence electrons. The van der Waals surface area contributed by atoms with Crippen LogP contribution in [0.15, 0.2) is 18.2 Å². The van der Waals surface area contributed by atoms with Crippen molar-refractivity contribution in [2.24, 2.45) is 0 Å². The second-order valence-corrected chi connectivity index (χ2v) is 7.89. The molecule has 0 spiro atoms. The number of benzene rings is 1. The van der Waals surface area contributed by atoms with Crippen LogP contribution in [0.5, 0.6) is 5.75 Å². The summed E-state index contributed by atoms with van der Waals surface area (Å²) in [6, 6.07) is 5.52. The van der Waals surface area contributed by atoms with Gasteiger partial charge in [-0.2, -0.15) is 0 Å². The Labute approximate surface area is 126 Å². The minimum absolute atomic E-state index is 0.000136. The Kier molecular flexibility index (Phi) is 6.79. The third-order valence-electron chi connectivity index (χ3n) is 2.92. The van der Waals surface area contributed by atoms with Crippen LogP contribution in [-0.4, -0.2) is 32.6 Å². The lowest BCUT2D eigenvalue weighted by Crippen LogP contribution is -2.22. The van der Waals surface area contributed by atoms with Crippen LogP contribution in [0, 0.1) is 0 Å². The summed E-state index contributed by atoms with van der Waals surface area (Å²) in [7, 11) is -3.08. The molecule has 1 aromatic rings. The van der Waals surface area contributed by atoms with Crippen LogP contribution in [0.2, 0.25) is 5.02 Å². The van der Waals surface area contributed by atoms with Gasteiger partial charge < -0.3 is 10.1 Å². The van der Waals surface area contributed by atoms with Crippen molar-refractivity contribution in [3.63, 3.8) is 0 Å². The van der Waals surface area contributed by atoms with Gasteiger partial charge in [0.2, 0.25) is 0 Å². The van der Waals surface area contributed by atoms with Gasteiger partial charge in [-0.05, 0) is 38.1 Å². The molecule has 0 aliphatic carbocycles. The Morgan fingerprint density at radius 2 is 2.05 bits per heavy atom. The highest BCUT2D eigenvalue weighted by Gasteiger charge is 2.16. The molecule has 4 nitrogen and oxygen atoms in total. The summed E-state index contributed by atoms with van der Waals surface area (Å²) in [6.07, 6.45) is 0. The van der Waals surface area contributed by atoms with Crippen LogP contribution < -0.4 is 10.1 Å². The molecule has 20 heavy (non-hydrogen) atoms. The predicted molar refractivity (Wildman–Crippen MR) is 83.3 cm³/mol. The summed E-state index contributed by atoms with van der Waals surface area (Å²) in [5.74, 6) is 0.519. The lowest BCUT2D eigenvalue weighted by molar-refractivity contribution is 0.340. The van der Waals surface area contributed by atoms with Gasteiger partial charge in [0, 0.05) is 6.54 Å². The zero-order chi connectivity index (χ0) is 15.2. The summed E-state index contributed by atoms with van der Waals surface area (Å²) in [4.78, 5) is 0. The van der Waals surface area contributed by atoms with E-state index >= 15 is 0 Å². The van der Waals surface area contributed by atoms with Crippen molar-refractivity contribution >= 4 is 21.4 Å². The molecular formula is C14H22ClNO3S. The average Bonchev–Trinajstić information content (AvgIpc) is 2.38. The highest BCUT2D eigenvalue weighted by Crippen LogP contribution is 2.25. The molecule has 0 radical (unpaired) electrons. The number of rotatable bonds is 8. The second kappa shape index (κ2) is 7.86. The molecule has 0 atom stereocenters. The van der Waals surface area contributed by atoms with Crippen molar-refractivity contribution in [1.82, 2.24) is 5.32 Å². The largest absolute Gasteiger partial charge is 0.491 e. The summed E-state index contributed by atoms with van der Waals surface area (Å²) in [5, 5.41) is 3.33. The monoisotopic (exact) mass is 319 g/mol. The minimum Gasteiger partial charge on any atom is -0.491 e. The first-order valence-corrected chi connectivity index (χ1v) is 8.79. The SMILES string of the molecule is CCNCc1ccc(OCCS(=O)(=O)C(C)C)c(Cl)c1. The molecule has 0 amide bonds. The van der Waals surface area contributed by atoms with Gasteiger partial charge in [0.05, 0.1) is 16.0 Å². The third-order valence-corrected chi connectivity index (χ3v) is 5.39. The zero-order valence-electron chi connectivity index (χ0n) is 12.1. The molecule has 0 heterocycles. The molecular weight excluding hydrogens is 298 g/mol. The van der Waals surface area contributed by atoms with Crippen LogP contribution in [0.4, 0.5) is 0 Å². The van der Waals surface area contributed by atoms with E-state index in [1.807, 2.05) is 19.1 Å². The second-order valence-electron chi connectivity index (χ2n) is 4.81. The third kappa shape index (κ3) is 5.31. The molecule has 1 rings (SSSR count). The highest BCUT2D eigenvalue weighted by molar-refractivity contribution is 7.91. The molecule has 0 aliphatic rings. The van der Waals surface area contributed by atoms with E-state index < -0.39 is 9.84 Å². The summed E-state index contributed by atoms with van der Waals surface area (Å²) in [5.41, 5.74) is 1.07. The van der Waals surface area contributed by atoms with Gasteiger partial charge in [0.1, 0.15) is 12.4 Å². The first-order chi connectivity index (χ1) is 9.36. The van der Waals surface area contributed by atoms with Gasteiger partial charge in [-0.15, -0.1) is 0 Å². The molecule has 0 saturated heterocycles. The van der Waals surface area contributed by atoms with Crippen molar-refractivity contribution in [2.45, 2.75) is 32.6 Å². The molecule has 0 saturated carbocycles. The van der Waals surface area contributed by atoms with Crippen LogP contribution in [0.1, 0.15) is 26.3 Å². The van der Waals surface area contributed by atoms with Gasteiger partial charge in [0.15, 0.2) is 9.84 Å². The fraction of sp³-hybridized carbons (Fsp3) is 0.571. The van der Waals surface area contributed by atoms with Gasteiger partial charge in [-0.1, -0.05) is 24.6 Å². The lowest BCUT2D eigenvalue weighted by atomic mass is 10.2. The maximum atomic E-state index is 11.7. The number of ether oxygens (including phenoxy) is 1. The first kappa shape index (κ1) is 17.3. The van der Waals surface area contributed by atoms with Crippen molar-refractivity contribution < 1.29 is 13.2 Å². The predicted octanol–water partition coefficient (Wildman–Crippen LogP) is 2.65. The number of halogens is 1. The number of hydrogen-bond acceptors (Lipinski definition) is 4. The zero-order valence-corrected chi connectivity index (χ0v) is 13.7. The Balaban J connectivity index is 2.57. The van der Waals surface area contributed by atoms with E-state index in [0.29, 0.717) is 10.8 Å². The van der Waals surface area contributed by atoms with Crippen LogP contribution in [-0.2, 0) is 16.4 Å². The lowest BCUT2D eigenvalue weighted by Gasteiger charge is -2.11. The number of hydrogen-bond donors (Lipinski definition) is 1. The van der Waals surface area contributed by atoms with E-state index in [1.165, 1.54) is 0 Å². The first-order valence-electron chi connectivity index (χ1n) is 6.70. The van der Waals surface area contributed by atoms with E-state index in [9.17, 15) is 8.42 Å².